The van der Waals surface area contributed by atoms with E-state index in [2.05, 4.69) is 16.9 Å². The first kappa shape index (κ1) is 11.1. The molecular formula is C11H17N3O2. The first-order valence-electron chi connectivity index (χ1n) is 5.67. The van der Waals surface area contributed by atoms with Gasteiger partial charge in [-0.1, -0.05) is 6.92 Å². The Balaban J connectivity index is 1.95. The van der Waals surface area contributed by atoms with Crippen molar-refractivity contribution in [2.45, 2.75) is 25.8 Å². The number of carbonyl (C=O) groups is 1. The summed E-state index contributed by atoms with van der Waals surface area (Å²) in [6.45, 7) is 5.27. The number of hydrogen-bond donors (Lipinski definition) is 1. The number of nitrogens with zero attached hydrogens (tertiary/aromatic N) is 3. The van der Waals surface area contributed by atoms with Crippen LogP contribution < -0.4 is 0 Å². The molecule has 0 atom stereocenters. The van der Waals surface area contributed by atoms with Crippen molar-refractivity contribution in [2.75, 3.05) is 19.6 Å². The Hall–Kier alpha value is -1.36. The second kappa shape index (κ2) is 4.65. The summed E-state index contributed by atoms with van der Waals surface area (Å²) in [5, 5.41) is 12.9. The number of carboxylic acid groups (broad SMARTS) is 1. The van der Waals surface area contributed by atoms with Crippen LogP contribution in [0.2, 0.25) is 0 Å². The number of hydrogen-bond acceptors (Lipinski definition) is 3. The maximum absolute atomic E-state index is 10.5. The molecule has 1 aliphatic heterocycles. The smallest absolute Gasteiger partial charge is 0.303 e. The number of rotatable bonds is 5. The summed E-state index contributed by atoms with van der Waals surface area (Å²) >= 11 is 0. The number of likely N-dealkylation sites (tertiary alicyclic amines) is 1. The minimum atomic E-state index is -0.753. The van der Waals surface area contributed by atoms with Crippen molar-refractivity contribution < 1.29 is 9.90 Å². The van der Waals surface area contributed by atoms with Crippen LogP contribution in [0.4, 0.5) is 0 Å². The molecule has 5 heteroatoms. The molecule has 0 aromatic carbocycles. The zero-order valence-corrected chi connectivity index (χ0v) is 9.46. The van der Waals surface area contributed by atoms with Crippen LogP contribution in [0.1, 0.15) is 25.1 Å². The zero-order valence-electron chi connectivity index (χ0n) is 9.46. The van der Waals surface area contributed by atoms with Gasteiger partial charge in [0.1, 0.15) is 0 Å². The Morgan fingerprint density at radius 1 is 1.62 bits per heavy atom. The predicted octanol–water partition coefficient (Wildman–Crippen LogP) is 0.777. The van der Waals surface area contributed by atoms with E-state index >= 15 is 0 Å². The summed E-state index contributed by atoms with van der Waals surface area (Å²) in [6, 6.07) is 2.34. The zero-order chi connectivity index (χ0) is 11.5. The van der Waals surface area contributed by atoms with E-state index in [1.54, 1.807) is 6.20 Å². The van der Waals surface area contributed by atoms with Gasteiger partial charge in [0.05, 0.1) is 12.5 Å². The Bertz CT molecular complexity index is 369. The van der Waals surface area contributed by atoms with Gasteiger partial charge < -0.3 is 5.11 Å². The SMILES string of the molecule is CCN1CC(n2nccc2CCC(=O)O)C1. The lowest BCUT2D eigenvalue weighted by atomic mass is 10.1. The van der Waals surface area contributed by atoms with E-state index in [1.807, 2.05) is 10.7 Å². The largest absolute Gasteiger partial charge is 0.481 e. The highest BCUT2D eigenvalue weighted by atomic mass is 16.4. The third-order valence-electron chi connectivity index (χ3n) is 3.08. The molecule has 1 fully saturated rings. The Morgan fingerprint density at radius 3 is 3.00 bits per heavy atom. The normalized spacial score (nSPS) is 17.3. The number of likely N-dealkylation sites (N-methyl/N-ethyl adjacent to an activating group) is 1. The van der Waals surface area contributed by atoms with Gasteiger partial charge in [-0.3, -0.25) is 14.4 Å². The van der Waals surface area contributed by atoms with E-state index < -0.39 is 5.97 Å². The average Bonchev–Trinajstić information content (AvgIpc) is 2.61. The molecule has 1 aromatic rings. The second-order valence-electron chi connectivity index (χ2n) is 4.17. The maximum atomic E-state index is 10.5. The highest BCUT2D eigenvalue weighted by Crippen LogP contribution is 2.21. The average molecular weight is 223 g/mol. The fourth-order valence-electron chi connectivity index (χ4n) is 2.06. The molecule has 1 aliphatic rings. The molecule has 0 spiro atoms. The van der Waals surface area contributed by atoms with Crippen LogP contribution in [0, 0.1) is 0 Å². The van der Waals surface area contributed by atoms with Crippen molar-refractivity contribution in [3.05, 3.63) is 18.0 Å². The number of carboxylic acids is 1. The van der Waals surface area contributed by atoms with E-state index in [-0.39, 0.29) is 6.42 Å². The molecule has 1 aromatic heterocycles. The van der Waals surface area contributed by atoms with Crippen molar-refractivity contribution >= 4 is 5.97 Å². The Kier molecular flexibility index (Phi) is 3.24. The van der Waals surface area contributed by atoms with Crippen LogP contribution in [0.15, 0.2) is 12.3 Å². The molecule has 1 N–H and O–H groups in total. The van der Waals surface area contributed by atoms with Crippen molar-refractivity contribution in [2.24, 2.45) is 0 Å². The first-order valence-corrected chi connectivity index (χ1v) is 5.67. The van der Waals surface area contributed by atoms with Gasteiger partial charge in [0.15, 0.2) is 0 Å². The van der Waals surface area contributed by atoms with Crippen molar-refractivity contribution in [3.63, 3.8) is 0 Å². The third-order valence-corrected chi connectivity index (χ3v) is 3.08. The molecule has 0 bridgehead atoms. The van der Waals surface area contributed by atoms with Gasteiger partial charge in [-0.25, -0.2) is 0 Å². The van der Waals surface area contributed by atoms with Gasteiger partial charge in [0, 0.05) is 25.0 Å². The first-order chi connectivity index (χ1) is 7.70. The van der Waals surface area contributed by atoms with E-state index in [9.17, 15) is 4.79 Å². The summed E-state index contributed by atoms with van der Waals surface area (Å²) < 4.78 is 1.98. The van der Waals surface area contributed by atoms with Crippen molar-refractivity contribution in [3.8, 4) is 0 Å². The maximum Gasteiger partial charge on any atom is 0.303 e. The minimum Gasteiger partial charge on any atom is -0.481 e. The van der Waals surface area contributed by atoms with E-state index in [0.29, 0.717) is 12.5 Å². The second-order valence-corrected chi connectivity index (χ2v) is 4.17. The molecule has 0 amide bonds. The highest BCUT2D eigenvalue weighted by molar-refractivity contribution is 5.66. The van der Waals surface area contributed by atoms with Crippen LogP contribution in [0.3, 0.4) is 0 Å². The molecule has 5 nitrogen and oxygen atoms in total. The lowest BCUT2D eigenvalue weighted by molar-refractivity contribution is -0.137. The van der Waals surface area contributed by atoms with Gasteiger partial charge in [-0.2, -0.15) is 5.10 Å². The van der Waals surface area contributed by atoms with E-state index in [1.165, 1.54) is 0 Å². The number of aliphatic carboxylic acids is 1. The number of aromatic nitrogens is 2. The number of aryl methyl sites for hydroxylation is 1. The molecule has 88 valence electrons. The standard InChI is InChI=1S/C11H17N3O2/c1-2-13-7-10(8-13)14-9(5-6-12-14)3-4-11(15)16/h5-6,10H,2-4,7-8H2,1H3,(H,15,16). The van der Waals surface area contributed by atoms with E-state index in [0.717, 1.165) is 25.3 Å². The van der Waals surface area contributed by atoms with Gasteiger partial charge in [0.2, 0.25) is 0 Å². The van der Waals surface area contributed by atoms with Gasteiger partial charge in [0.25, 0.3) is 0 Å². The van der Waals surface area contributed by atoms with Gasteiger partial charge in [-0.15, -0.1) is 0 Å². The highest BCUT2D eigenvalue weighted by Gasteiger charge is 2.28. The lowest BCUT2D eigenvalue weighted by Crippen LogP contribution is -2.48. The quantitative estimate of drug-likeness (QED) is 0.801. The molecule has 1 saturated heterocycles. The molecule has 0 saturated carbocycles. The molecular weight excluding hydrogens is 206 g/mol. The van der Waals surface area contributed by atoms with Crippen molar-refractivity contribution in [1.82, 2.24) is 14.7 Å². The predicted molar refractivity (Wildman–Crippen MR) is 59.3 cm³/mol. The molecule has 2 heterocycles. The third kappa shape index (κ3) is 2.24. The molecule has 0 aliphatic carbocycles. The Morgan fingerprint density at radius 2 is 2.38 bits per heavy atom. The Labute approximate surface area is 94.7 Å². The fourth-order valence-corrected chi connectivity index (χ4v) is 2.06. The molecule has 0 radical (unpaired) electrons. The van der Waals surface area contributed by atoms with Crippen LogP contribution in [0.25, 0.3) is 0 Å². The molecule has 0 unspecified atom stereocenters. The van der Waals surface area contributed by atoms with Crippen LogP contribution >= 0.6 is 0 Å². The van der Waals surface area contributed by atoms with Crippen LogP contribution in [-0.4, -0.2) is 45.4 Å². The van der Waals surface area contributed by atoms with E-state index in [4.69, 9.17) is 5.11 Å². The van der Waals surface area contributed by atoms with Crippen LogP contribution in [-0.2, 0) is 11.2 Å². The topological polar surface area (TPSA) is 58.4 Å². The molecule has 16 heavy (non-hydrogen) atoms. The lowest BCUT2D eigenvalue weighted by Gasteiger charge is -2.39. The summed E-state index contributed by atoms with van der Waals surface area (Å²) in [5.41, 5.74) is 1.03. The summed E-state index contributed by atoms with van der Waals surface area (Å²) in [5.74, 6) is -0.753. The fraction of sp³-hybridized carbons (Fsp3) is 0.636. The monoisotopic (exact) mass is 223 g/mol. The van der Waals surface area contributed by atoms with Gasteiger partial charge >= 0.3 is 5.97 Å². The summed E-state index contributed by atoms with van der Waals surface area (Å²) in [7, 11) is 0. The van der Waals surface area contributed by atoms with Crippen LogP contribution in [0.5, 0.6) is 0 Å². The molecule has 2 rings (SSSR count). The van der Waals surface area contributed by atoms with Crippen molar-refractivity contribution in [1.29, 1.82) is 0 Å². The minimum absolute atomic E-state index is 0.176. The van der Waals surface area contributed by atoms with Gasteiger partial charge in [-0.05, 0) is 19.0 Å². The summed E-state index contributed by atoms with van der Waals surface area (Å²) in [4.78, 5) is 12.9. The summed E-state index contributed by atoms with van der Waals surface area (Å²) in [6.07, 6.45) is 2.50.